The van der Waals surface area contributed by atoms with Crippen LogP contribution in [0, 0.1) is 6.92 Å². The van der Waals surface area contributed by atoms with Crippen LogP contribution in [-0.2, 0) is 10.0 Å². The molecule has 0 heterocycles. The third-order valence-corrected chi connectivity index (χ3v) is 4.22. The summed E-state index contributed by atoms with van der Waals surface area (Å²) in [5.41, 5.74) is 1.52. The molecule has 0 amide bonds. The van der Waals surface area contributed by atoms with Crippen LogP contribution in [0.1, 0.15) is 5.56 Å². The molecule has 0 aromatic heterocycles. The van der Waals surface area contributed by atoms with Gasteiger partial charge in [0.25, 0.3) is 0 Å². The van der Waals surface area contributed by atoms with Crippen molar-refractivity contribution in [1.82, 2.24) is 0 Å². The molecule has 1 aromatic carbocycles. The lowest BCUT2D eigenvalue weighted by Crippen LogP contribution is -2.32. The largest absolute Gasteiger partial charge is 0.394 e. The maximum absolute atomic E-state index is 11.5. The van der Waals surface area contributed by atoms with E-state index in [9.17, 15) is 8.42 Å². The van der Waals surface area contributed by atoms with Crippen LogP contribution in [0.15, 0.2) is 22.7 Å². The Balaban J connectivity index is 3.17. The predicted octanol–water partition coefficient (Wildman–Crippen LogP) is 1.52. The second-order valence-electron chi connectivity index (χ2n) is 3.49. The fourth-order valence-corrected chi connectivity index (χ4v) is 2.52. The summed E-state index contributed by atoms with van der Waals surface area (Å²) in [7, 11) is -3.35. The molecular formula is C10H14BrNO3S. The van der Waals surface area contributed by atoms with E-state index in [2.05, 4.69) is 15.9 Å². The molecule has 6 heteroatoms. The minimum atomic E-state index is -3.35. The number of anilines is 1. The lowest BCUT2D eigenvalue weighted by atomic mass is 10.2. The van der Waals surface area contributed by atoms with Crippen molar-refractivity contribution in [2.45, 2.75) is 6.92 Å². The van der Waals surface area contributed by atoms with Gasteiger partial charge in [-0.1, -0.05) is 15.9 Å². The van der Waals surface area contributed by atoms with Crippen molar-refractivity contribution in [3.8, 4) is 0 Å². The molecule has 0 fully saturated rings. The molecule has 0 aliphatic heterocycles. The molecule has 90 valence electrons. The second-order valence-corrected chi connectivity index (χ2v) is 6.25. The van der Waals surface area contributed by atoms with E-state index < -0.39 is 10.0 Å². The van der Waals surface area contributed by atoms with Crippen molar-refractivity contribution in [3.63, 3.8) is 0 Å². The Morgan fingerprint density at radius 3 is 2.50 bits per heavy atom. The number of aliphatic hydroxyl groups is 1. The highest BCUT2D eigenvalue weighted by atomic mass is 79.9. The minimum absolute atomic E-state index is 0.0694. The third-order valence-electron chi connectivity index (χ3n) is 2.13. The number of nitrogens with zero attached hydrogens (tertiary/aromatic N) is 1. The number of halogens is 1. The zero-order chi connectivity index (χ0) is 12.3. The molecule has 0 aliphatic carbocycles. The smallest absolute Gasteiger partial charge is 0.232 e. The van der Waals surface area contributed by atoms with Gasteiger partial charge in [0.2, 0.25) is 10.0 Å². The molecule has 4 nitrogen and oxygen atoms in total. The molecule has 0 unspecified atom stereocenters. The van der Waals surface area contributed by atoms with Crippen LogP contribution < -0.4 is 4.31 Å². The quantitative estimate of drug-likeness (QED) is 0.917. The Hall–Kier alpha value is -0.590. The van der Waals surface area contributed by atoms with Crippen LogP contribution in [0.3, 0.4) is 0 Å². The number of sulfonamides is 1. The maximum Gasteiger partial charge on any atom is 0.232 e. The zero-order valence-corrected chi connectivity index (χ0v) is 11.5. The highest BCUT2D eigenvalue weighted by Crippen LogP contribution is 2.24. The fraction of sp³-hybridized carbons (Fsp3) is 0.400. The first-order chi connectivity index (χ1) is 7.36. The van der Waals surface area contributed by atoms with E-state index in [0.717, 1.165) is 16.3 Å². The van der Waals surface area contributed by atoms with E-state index in [0.29, 0.717) is 5.69 Å². The molecule has 1 aromatic rings. The van der Waals surface area contributed by atoms with Gasteiger partial charge < -0.3 is 5.11 Å². The van der Waals surface area contributed by atoms with Crippen molar-refractivity contribution in [3.05, 3.63) is 28.2 Å². The van der Waals surface area contributed by atoms with Crippen LogP contribution in [0.2, 0.25) is 0 Å². The van der Waals surface area contributed by atoms with Gasteiger partial charge in [-0.3, -0.25) is 4.31 Å². The van der Waals surface area contributed by atoms with Gasteiger partial charge >= 0.3 is 0 Å². The first-order valence-corrected chi connectivity index (χ1v) is 7.35. The molecule has 16 heavy (non-hydrogen) atoms. The molecule has 0 saturated heterocycles. The maximum atomic E-state index is 11.5. The summed E-state index contributed by atoms with van der Waals surface area (Å²) in [4.78, 5) is 0. The highest BCUT2D eigenvalue weighted by molar-refractivity contribution is 9.10. The molecule has 1 N–H and O–H groups in total. The third kappa shape index (κ3) is 3.20. The Bertz CT molecular complexity index is 473. The molecule has 0 bridgehead atoms. The Labute approximate surface area is 104 Å². The van der Waals surface area contributed by atoms with Crippen molar-refractivity contribution < 1.29 is 13.5 Å². The van der Waals surface area contributed by atoms with Crippen molar-refractivity contribution in [2.75, 3.05) is 23.7 Å². The Kier molecular flexibility index (Phi) is 4.35. The van der Waals surface area contributed by atoms with Gasteiger partial charge in [0, 0.05) is 4.47 Å². The number of aliphatic hydroxyl groups excluding tert-OH is 1. The fourth-order valence-electron chi connectivity index (χ4n) is 1.36. The van der Waals surface area contributed by atoms with E-state index in [1.54, 1.807) is 18.2 Å². The Morgan fingerprint density at radius 1 is 1.44 bits per heavy atom. The monoisotopic (exact) mass is 307 g/mol. The normalized spacial score (nSPS) is 11.5. The summed E-state index contributed by atoms with van der Waals surface area (Å²) in [6, 6.07) is 5.26. The summed E-state index contributed by atoms with van der Waals surface area (Å²) in [5.74, 6) is 0. The van der Waals surface area contributed by atoms with Crippen molar-refractivity contribution in [2.24, 2.45) is 0 Å². The summed E-state index contributed by atoms with van der Waals surface area (Å²) in [6.45, 7) is 1.75. The number of hydrogen-bond donors (Lipinski definition) is 1. The van der Waals surface area contributed by atoms with E-state index >= 15 is 0 Å². The number of benzene rings is 1. The molecule has 0 aliphatic rings. The standard InChI is InChI=1S/C10H14BrNO3S/c1-8-7-9(3-4-10(8)11)12(5-6-13)16(2,14)15/h3-4,7,13H,5-6H2,1-2H3. The van der Waals surface area contributed by atoms with Crippen LogP contribution in [0.4, 0.5) is 5.69 Å². The van der Waals surface area contributed by atoms with Gasteiger partial charge in [-0.15, -0.1) is 0 Å². The van der Waals surface area contributed by atoms with Gasteiger partial charge in [0.05, 0.1) is 25.1 Å². The van der Waals surface area contributed by atoms with Crippen LogP contribution in [-0.4, -0.2) is 32.9 Å². The molecule has 1 rings (SSSR count). The van der Waals surface area contributed by atoms with Crippen LogP contribution in [0.5, 0.6) is 0 Å². The predicted molar refractivity (Wildman–Crippen MR) is 68.2 cm³/mol. The zero-order valence-electron chi connectivity index (χ0n) is 9.14. The lowest BCUT2D eigenvalue weighted by Gasteiger charge is -2.21. The SMILES string of the molecule is Cc1cc(N(CCO)S(C)(=O)=O)ccc1Br. The lowest BCUT2D eigenvalue weighted by molar-refractivity contribution is 0.307. The van der Waals surface area contributed by atoms with E-state index in [1.165, 1.54) is 4.31 Å². The van der Waals surface area contributed by atoms with Crippen LogP contribution >= 0.6 is 15.9 Å². The van der Waals surface area contributed by atoms with E-state index in [-0.39, 0.29) is 13.2 Å². The number of rotatable bonds is 4. The number of aryl methyl sites for hydroxylation is 1. The van der Waals surface area contributed by atoms with E-state index in [4.69, 9.17) is 5.11 Å². The first-order valence-electron chi connectivity index (χ1n) is 4.71. The van der Waals surface area contributed by atoms with E-state index in [1.807, 2.05) is 6.92 Å². The van der Waals surface area contributed by atoms with Crippen LogP contribution in [0.25, 0.3) is 0 Å². The molecule has 0 radical (unpaired) electrons. The molecular weight excluding hydrogens is 294 g/mol. The molecule has 0 spiro atoms. The molecule has 0 atom stereocenters. The summed E-state index contributed by atoms with van der Waals surface area (Å²) in [6.07, 6.45) is 1.13. The number of hydrogen-bond acceptors (Lipinski definition) is 3. The molecule has 0 saturated carbocycles. The van der Waals surface area contributed by atoms with Gasteiger partial charge in [-0.2, -0.15) is 0 Å². The Morgan fingerprint density at radius 2 is 2.06 bits per heavy atom. The summed E-state index contributed by atoms with van der Waals surface area (Å²) >= 11 is 3.35. The average molecular weight is 308 g/mol. The van der Waals surface area contributed by atoms with Crippen molar-refractivity contribution >= 4 is 31.6 Å². The topological polar surface area (TPSA) is 57.6 Å². The van der Waals surface area contributed by atoms with Gasteiger partial charge in [0.15, 0.2) is 0 Å². The van der Waals surface area contributed by atoms with Gasteiger partial charge in [0.1, 0.15) is 0 Å². The average Bonchev–Trinajstić information content (AvgIpc) is 2.17. The second kappa shape index (κ2) is 5.16. The highest BCUT2D eigenvalue weighted by Gasteiger charge is 2.16. The minimum Gasteiger partial charge on any atom is -0.394 e. The summed E-state index contributed by atoms with van der Waals surface area (Å²) < 4.78 is 25.2. The van der Waals surface area contributed by atoms with Gasteiger partial charge in [-0.25, -0.2) is 8.42 Å². The first kappa shape index (κ1) is 13.5. The van der Waals surface area contributed by atoms with Gasteiger partial charge in [-0.05, 0) is 30.7 Å². The summed E-state index contributed by atoms with van der Waals surface area (Å²) in [5, 5.41) is 8.87. The van der Waals surface area contributed by atoms with Crippen molar-refractivity contribution in [1.29, 1.82) is 0 Å².